The van der Waals surface area contributed by atoms with Crippen molar-refractivity contribution in [1.29, 1.82) is 5.26 Å². The maximum atomic E-state index is 9.38. The highest BCUT2D eigenvalue weighted by molar-refractivity contribution is 7.98. The van der Waals surface area contributed by atoms with Crippen LogP contribution in [0.3, 0.4) is 0 Å². The minimum Gasteiger partial charge on any atom is -0.467 e. The fourth-order valence-electron chi connectivity index (χ4n) is 1.92. The highest BCUT2D eigenvalue weighted by Gasteiger charge is 2.15. The second-order valence-corrected chi connectivity index (χ2v) is 4.79. The molecule has 100 valence electrons. The zero-order valence-electron chi connectivity index (χ0n) is 10.7. The molecular formula is C13H11N5OS. The molecule has 0 atom stereocenters. The Bertz CT molecular complexity index is 772. The number of anilines is 1. The number of nitriles is 1. The number of hydrogen-bond acceptors (Lipinski definition) is 6. The molecule has 20 heavy (non-hydrogen) atoms. The number of hydrogen-bond donors (Lipinski definition) is 1. The fourth-order valence-corrected chi connectivity index (χ4v) is 2.45. The molecule has 6 nitrogen and oxygen atoms in total. The summed E-state index contributed by atoms with van der Waals surface area (Å²) in [6, 6.07) is 7.69. The van der Waals surface area contributed by atoms with E-state index >= 15 is 0 Å². The summed E-state index contributed by atoms with van der Waals surface area (Å²) in [6.07, 6.45) is 5.17. The molecule has 0 aromatic carbocycles. The third kappa shape index (κ3) is 2.10. The van der Waals surface area contributed by atoms with Crippen molar-refractivity contribution in [3.8, 4) is 6.07 Å². The van der Waals surface area contributed by atoms with Crippen molar-refractivity contribution in [3.05, 3.63) is 42.0 Å². The quantitative estimate of drug-likeness (QED) is 0.586. The summed E-state index contributed by atoms with van der Waals surface area (Å²) in [4.78, 5) is 4.41. The minimum atomic E-state index is 0.481. The molecule has 0 aliphatic rings. The van der Waals surface area contributed by atoms with Gasteiger partial charge in [-0.1, -0.05) is 0 Å². The van der Waals surface area contributed by atoms with E-state index in [0.717, 1.165) is 5.76 Å². The number of aromatic nitrogens is 3. The van der Waals surface area contributed by atoms with Crippen LogP contribution in [-0.4, -0.2) is 20.9 Å². The van der Waals surface area contributed by atoms with Gasteiger partial charge < -0.3 is 9.73 Å². The first kappa shape index (κ1) is 12.6. The van der Waals surface area contributed by atoms with Crippen molar-refractivity contribution in [1.82, 2.24) is 14.6 Å². The van der Waals surface area contributed by atoms with E-state index in [2.05, 4.69) is 21.5 Å². The van der Waals surface area contributed by atoms with Crippen LogP contribution < -0.4 is 5.32 Å². The number of thioether (sulfide) groups is 1. The van der Waals surface area contributed by atoms with E-state index in [4.69, 9.17) is 4.42 Å². The molecule has 0 aliphatic heterocycles. The molecule has 0 unspecified atom stereocenters. The average molecular weight is 285 g/mol. The molecule has 1 N–H and O–H groups in total. The van der Waals surface area contributed by atoms with Crippen molar-refractivity contribution >= 4 is 23.2 Å². The molecule has 0 spiro atoms. The average Bonchev–Trinajstić information content (AvgIpc) is 3.14. The number of furan rings is 1. The summed E-state index contributed by atoms with van der Waals surface area (Å²) < 4.78 is 6.91. The first-order chi connectivity index (χ1) is 9.83. The lowest BCUT2D eigenvalue weighted by atomic mass is 10.3. The Labute approximate surface area is 119 Å². The molecule has 0 amide bonds. The van der Waals surface area contributed by atoms with Crippen LogP contribution in [0, 0.1) is 11.3 Å². The lowest BCUT2D eigenvalue weighted by molar-refractivity contribution is 0.517. The number of fused-ring (bicyclic) bond motifs is 1. The van der Waals surface area contributed by atoms with Crippen molar-refractivity contribution < 1.29 is 4.42 Å². The van der Waals surface area contributed by atoms with Crippen molar-refractivity contribution in [2.24, 2.45) is 0 Å². The van der Waals surface area contributed by atoms with Crippen LogP contribution in [0.15, 0.2) is 40.1 Å². The lowest BCUT2D eigenvalue weighted by Gasteiger charge is -2.11. The Kier molecular flexibility index (Phi) is 3.31. The van der Waals surface area contributed by atoms with Crippen LogP contribution in [-0.2, 0) is 6.54 Å². The van der Waals surface area contributed by atoms with Crippen LogP contribution in [0.5, 0.6) is 0 Å². The van der Waals surface area contributed by atoms with Crippen LogP contribution in [0.2, 0.25) is 0 Å². The number of rotatable bonds is 4. The summed E-state index contributed by atoms with van der Waals surface area (Å²) in [5.74, 6) is 1.42. The van der Waals surface area contributed by atoms with Crippen LogP contribution >= 0.6 is 11.8 Å². The Morgan fingerprint density at radius 2 is 2.40 bits per heavy atom. The normalized spacial score (nSPS) is 10.6. The van der Waals surface area contributed by atoms with Gasteiger partial charge in [-0.05, 0) is 18.4 Å². The van der Waals surface area contributed by atoms with E-state index in [0.29, 0.717) is 28.6 Å². The molecule has 7 heteroatoms. The van der Waals surface area contributed by atoms with Gasteiger partial charge >= 0.3 is 0 Å². The SMILES string of the molecule is CSc1nc2ccnn2c(NCc2ccco2)c1C#N. The predicted octanol–water partition coefficient (Wildman–Crippen LogP) is 2.53. The van der Waals surface area contributed by atoms with E-state index in [1.807, 2.05) is 18.4 Å². The second-order valence-electron chi connectivity index (χ2n) is 3.99. The molecule has 0 saturated heterocycles. The van der Waals surface area contributed by atoms with Crippen LogP contribution in [0.4, 0.5) is 5.82 Å². The Morgan fingerprint density at radius 3 is 3.10 bits per heavy atom. The van der Waals surface area contributed by atoms with Gasteiger partial charge in [0.15, 0.2) is 11.5 Å². The molecule has 0 fully saturated rings. The highest BCUT2D eigenvalue weighted by atomic mass is 32.2. The van der Waals surface area contributed by atoms with Crippen molar-refractivity contribution in [2.45, 2.75) is 11.6 Å². The molecule has 0 aliphatic carbocycles. The van der Waals surface area contributed by atoms with E-state index in [1.165, 1.54) is 11.8 Å². The van der Waals surface area contributed by atoms with Crippen LogP contribution in [0.1, 0.15) is 11.3 Å². The van der Waals surface area contributed by atoms with Gasteiger partial charge in [0.2, 0.25) is 0 Å². The summed E-state index contributed by atoms with van der Waals surface area (Å²) in [5.41, 5.74) is 1.19. The highest BCUT2D eigenvalue weighted by Crippen LogP contribution is 2.26. The molecule has 0 bridgehead atoms. The molecule has 3 rings (SSSR count). The summed E-state index contributed by atoms with van der Waals surface area (Å²) >= 11 is 1.44. The zero-order valence-corrected chi connectivity index (χ0v) is 11.5. The predicted molar refractivity (Wildman–Crippen MR) is 75.5 cm³/mol. The van der Waals surface area contributed by atoms with Gasteiger partial charge in [0.1, 0.15) is 22.4 Å². The molecule has 0 radical (unpaired) electrons. The maximum Gasteiger partial charge on any atom is 0.158 e. The first-order valence-corrected chi connectivity index (χ1v) is 7.14. The molecule has 0 saturated carbocycles. The maximum absolute atomic E-state index is 9.38. The van der Waals surface area contributed by atoms with Gasteiger partial charge in [-0.2, -0.15) is 14.9 Å². The van der Waals surface area contributed by atoms with Gasteiger partial charge in [0.25, 0.3) is 0 Å². The summed E-state index contributed by atoms with van der Waals surface area (Å²) in [7, 11) is 0. The lowest BCUT2D eigenvalue weighted by Crippen LogP contribution is -2.09. The van der Waals surface area contributed by atoms with Gasteiger partial charge in [0, 0.05) is 6.07 Å². The third-order valence-corrected chi connectivity index (χ3v) is 3.50. The van der Waals surface area contributed by atoms with Crippen molar-refractivity contribution in [2.75, 3.05) is 11.6 Å². The van der Waals surface area contributed by atoms with E-state index in [9.17, 15) is 5.26 Å². The van der Waals surface area contributed by atoms with Gasteiger partial charge in [-0.25, -0.2) is 4.98 Å². The van der Waals surface area contributed by atoms with Crippen molar-refractivity contribution in [3.63, 3.8) is 0 Å². The van der Waals surface area contributed by atoms with Crippen LogP contribution in [0.25, 0.3) is 5.65 Å². The topological polar surface area (TPSA) is 79.2 Å². The number of nitrogens with zero attached hydrogens (tertiary/aromatic N) is 4. The fraction of sp³-hybridized carbons (Fsp3) is 0.154. The smallest absolute Gasteiger partial charge is 0.158 e. The molecule has 3 aromatic rings. The van der Waals surface area contributed by atoms with E-state index in [1.54, 1.807) is 23.0 Å². The Morgan fingerprint density at radius 1 is 1.50 bits per heavy atom. The first-order valence-electron chi connectivity index (χ1n) is 5.91. The van der Waals surface area contributed by atoms with E-state index < -0.39 is 0 Å². The van der Waals surface area contributed by atoms with Gasteiger partial charge in [-0.3, -0.25) is 0 Å². The molecule has 3 heterocycles. The largest absolute Gasteiger partial charge is 0.467 e. The minimum absolute atomic E-state index is 0.481. The van der Waals surface area contributed by atoms with Gasteiger partial charge in [0.05, 0.1) is 19.0 Å². The zero-order chi connectivity index (χ0) is 13.9. The monoisotopic (exact) mass is 285 g/mol. The van der Waals surface area contributed by atoms with E-state index in [-0.39, 0.29) is 0 Å². The summed E-state index contributed by atoms with van der Waals surface area (Å²) in [6.45, 7) is 0.481. The van der Waals surface area contributed by atoms with Gasteiger partial charge in [-0.15, -0.1) is 11.8 Å². The Balaban J connectivity index is 2.06. The second kappa shape index (κ2) is 5.27. The number of nitrogens with one attached hydrogen (secondary N) is 1. The standard InChI is InChI=1S/C13H11N5OS/c1-20-13-10(7-14)12(15-8-9-3-2-6-19-9)18-11(17-13)4-5-16-18/h2-6,15H,8H2,1H3. The molecule has 3 aromatic heterocycles. The third-order valence-electron chi connectivity index (χ3n) is 2.82. The molecular weight excluding hydrogens is 274 g/mol. The Hall–Kier alpha value is -2.46. The summed E-state index contributed by atoms with van der Waals surface area (Å²) in [5, 5.41) is 17.5.